The van der Waals surface area contributed by atoms with Gasteiger partial charge in [-0.15, -0.1) is 12.4 Å². The van der Waals surface area contributed by atoms with Crippen LogP contribution in [0.1, 0.15) is 12.8 Å². The lowest BCUT2D eigenvalue weighted by molar-refractivity contribution is 0.383. The van der Waals surface area contributed by atoms with Crippen LogP contribution < -0.4 is 10.2 Å². The van der Waals surface area contributed by atoms with Crippen LogP contribution in [0.15, 0.2) is 58.3 Å². The topological polar surface area (TPSA) is 15.3 Å². The summed E-state index contributed by atoms with van der Waals surface area (Å²) in [5.74, 6) is 0.739. The second-order valence-electron chi connectivity index (χ2n) is 5.86. The van der Waals surface area contributed by atoms with E-state index >= 15 is 0 Å². The van der Waals surface area contributed by atoms with Crippen molar-refractivity contribution in [3.05, 3.63) is 48.5 Å². The third-order valence-corrected chi connectivity index (χ3v) is 5.50. The summed E-state index contributed by atoms with van der Waals surface area (Å²) in [6.07, 6.45) is 2.64. The molecule has 0 aliphatic carbocycles. The molecule has 1 N–H and O–H groups in total. The van der Waals surface area contributed by atoms with Crippen LogP contribution >= 0.6 is 24.2 Å². The standard InChI is InChI=1S/C18H20N2S.ClH/c1-3-9-17-15(7-1)20(13-14-6-5-11-19-12-14)16-8-2-4-10-18(16)21-17;/h1-4,7-10,14,19H,5-6,11-13H2;1H. The number of halogens is 1. The number of anilines is 2. The molecule has 4 heteroatoms. The van der Waals surface area contributed by atoms with Gasteiger partial charge in [0.2, 0.25) is 0 Å². The molecule has 0 bridgehead atoms. The van der Waals surface area contributed by atoms with Gasteiger partial charge in [0, 0.05) is 16.3 Å². The predicted molar refractivity (Wildman–Crippen MR) is 96.9 cm³/mol. The molecule has 22 heavy (non-hydrogen) atoms. The second-order valence-corrected chi connectivity index (χ2v) is 6.94. The van der Waals surface area contributed by atoms with E-state index in [1.807, 2.05) is 11.8 Å². The molecular formula is C18H21ClN2S. The molecule has 0 radical (unpaired) electrons. The minimum absolute atomic E-state index is 0. The van der Waals surface area contributed by atoms with Gasteiger partial charge < -0.3 is 10.2 Å². The highest BCUT2D eigenvalue weighted by molar-refractivity contribution is 7.99. The zero-order valence-corrected chi connectivity index (χ0v) is 14.1. The lowest BCUT2D eigenvalue weighted by atomic mass is 9.98. The van der Waals surface area contributed by atoms with E-state index in [1.54, 1.807) is 0 Å². The Labute approximate surface area is 142 Å². The smallest absolute Gasteiger partial charge is 0.0552 e. The van der Waals surface area contributed by atoms with Gasteiger partial charge in [0.05, 0.1) is 11.4 Å². The van der Waals surface area contributed by atoms with Crippen molar-refractivity contribution >= 4 is 35.5 Å². The normalized spacial score (nSPS) is 19.8. The summed E-state index contributed by atoms with van der Waals surface area (Å²) in [6.45, 7) is 3.44. The third kappa shape index (κ3) is 2.98. The number of benzene rings is 2. The minimum atomic E-state index is 0. The van der Waals surface area contributed by atoms with Crippen molar-refractivity contribution in [2.75, 3.05) is 24.5 Å². The molecule has 1 atom stereocenters. The van der Waals surface area contributed by atoms with Crippen LogP contribution in [-0.4, -0.2) is 19.6 Å². The molecule has 4 rings (SSSR count). The Bertz CT molecular complexity index is 595. The van der Waals surface area contributed by atoms with E-state index in [4.69, 9.17) is 0 Å². The first-order valence-electron chi connectivity index (χ1n) is 7.76. The second kappa shape index (κ2) is 6.95. The van der Waals surface area contributed by atoms with Crippen LogP contribution in [0.3, 0.4) is 0 Å². The Morgan fingerprint density at radius 3 is 2.23 bits per heavy atom. The van der Waals surface area contributed by atoms with Crippen LogP contribution in [0.25, 0.3) is 0 Å². The Morgan fingerprint density at radius 1 is 1.00 bits per heavy atom. The molecule has 2 aliphatic heterocycles. The van der Waals surface area contributed by atoms with Gasteiger partial charge in [-0.1, -0.05) is 36.0 Å². The van der Waals surface area contributed by atoms with Crippen molar-refractivity contribution in [2.45, 2.75) is 22.6 Å². The molecule has 0 amide bonds. The molecule has 1 unspecified atom stereocenters. The highest BCUT2D eigenvalue weighted by Crippen LogP contribution is 2.48. The summed E-state index contributed by atoms with van der Waals surface area (Å²) in [5, 5.41) is 3.54. The zero-order valence-electron chi connectivity index (χ0n) is 12.5. The third-order valence-electron chi connectivity index (χ3n) is 4.37. The van der Waals surface area contributed by atoms with Gasteiger partial charge in [-0.2, -0.15) is 0 Å². The predicted octanol–water partition coefficient (Wildman–Crippen LogP) is 4.71. The van der Waals surface area contributed by atoms with Gasteiger partial charge in [-0.05, 0) is 56.1 Å². The first-order chi connectivity index (χ1) is 10.4. The fourth-order valence-electron chi connectivity index (χ4n) is 3.32. The largest absolute Gasteiger partial charge is 0.339 e. The van der Waals surface area contributed by atoms with Crippen LogP contribution in [0.4, 0.5) is 11.4 Å². The van der Waals surface area contributed by atoms with E-state index in [-0.39, 0.29) is 12.4 Å². The summed E-state index contributed by atoms with van der Waals surface area (Å²) in [6, 6.07) is 17.6. The average Bonchev–Trinajstić information content (AvgIpc) is 2.55. The quantitative estimate of drug-likeness (QED) is 0.857. The molecule has 2 heterocycles. The summed E-state index contributed by atoms with van der Waals surface area (Å²) >= 11 is 1.89. The van der Waals surface area contributed by atoms with Gasteiger partial charge in [-0.25, -0.2) is 0 Å². The maximum atomic E-state index is 3.54. The van der Waals surface area contributed by atoms with Crippen molar-refractivity contribution < 1.29 is 0 Å². The lowest BCUT2D eigenvalue weighted by Crippen LogP contribution is -2.37. The number of hydrogen-bond acceptors (Lipinski definition) is 3. The Balaban J connectivity index is 0.00000144. The van der Waals surface area contributed by atoms with E-state index in [9.17, 15) is 0 Å². The summed E-state index contributed by atoms with van der Waals surface area (Å²) in [5.41, 5.74) is 2.73. The Morgan fingerprint density at radius 2 is 1.64 bits per heavy atom. The number of nitrogens with one attached hydrogen (secondary N) is 1. The monoisotopic (exact) mass is 332 g/mol. The van der Waals surface area contributed by atoms with Crippen molar-refractivity contribution in [3.63, 3.8) is 0 Å². The van der Waals surface area contributed by atoms with Crippen molar-refractivity contribution in [3.8, 4) is 0 Å². The van der Waals surface area contributed by atoms with E-state index in [0.29, 0.717) is 0 Å². The number of para-hydroxylation sites is 2. The molecule has 0 aromatic heterocycles. The first-order valence-corrected chi connectivity index (χ1v) is 8.57. The molecule has 2 aromatic carbocycles. The average molecular weight is 333 g/mol. The maximum Gasteiger partial charge on any atom is 0.0552 e. The fraction of sp³-hybridized carbons (Fsp3) is 0.333. The fourth-order valence-corrected chi connectivity index (χ4v) is 4.41. The molecule has 1 fully saturated rings. The highest BCUT2D eigenvalue weighted by Gasteiger charge is 2.25. The van der Waals surface area contributed by atoms with E-state index in [2.05, 4.69) is 58.7 Å². The number of hydrogen-bond donors (Lipinski definition) is 1. The Kier molecular flexibility index (Phi) is 4.97. The van der Waals surface area contributed by atoms with Gasteiger partial charge in [-0.3, -0.25) is 0 Å². The van der Waals surface area contributed by atoms with Gasteiger partial charge in [0.25, 0.3) is 0 Å². The summed E-state index contributed by atoms with van der Waals surface area (Å²) < 4.78 is 0. The molecule has 2 aromatic rings. The molecule has 0 spiro atoms. The van der Waals surface area contributed by atoms with Gasteiger partial charge >= 0.3 is 0 Å². The molecule has 2 nitrogen and oxygen atoms in total. The van der Waals surface area contributed by atoms with Crippen LogP contribution in [-0.2, 0) is 0 Å². The number of rotatable bonds is 2. The molecule has 0 saturated carbocycles. The zero-order chi connectivity index (χ0) is 14.1. The van der Waals surface area contributed by atoms with Gasteiger partial charge in [0.15, 0.2) is 0 Å². The lowest BCUT2D eigenvalue weighted by Gasteiger charge is -2.36. The molecule has 2 aliphatic rings. The first kappa shape index (κ1) is 15.7. The van der Waals surface area contributed by atoms with Crippen LogP contribution in [0.5, 0.6) is 0 Å². The number of nitrogens with zero attached hydrogens (tertiary/aromatic N) is 1. The van der Waals surface area contributed by atoms with E-state index in [0.717, 1.165) is 19.0 Å². The summed E-state index contributed by atoms with van der Waals surface area (Å²) in [7, 11) is 0. The maximum absolute atomic E-state index is 3.54. The van der Waals surface area contributed by atoms with E-state index < -0.39 is 0 Å². The minimum Gasteiger partial charge on any atom is -0.339 e. The van der Waals surface area contributed by atoms with Crippen molar-refractivity contribution in [2.24, 2.45) is 5.92 Å². The Hall–Kier alpha value is -1.16. The number of fused-ring (bicyclic) bond motifs is 2. The molecule has 116 valence electrons. The van der Waals surface area contributed by atoms with Crippen LogP contribution in [0, 0.1) is 5.92 Å². The van der Waals surface area contributed by atoms with Crippen molar-refractivity contribution in [1.29, 1.82) is 0 Å². The van der Waals surface area contributed by atoms with Crippen molar-refractivity contribution in [1.82, 2.24) is 5.32 Å². The molecular weight excluding hydrogens is 312 g/mol. The van der Waals surface area contributed by atoms with Gasteiger partial charge in [0.1, 0.15) is 0 Å². The highest BCUT2D eigenvalue weighted by atomic mass is 35.5. The SMILES string of the molecule is Cl.c1ccc2c(c1)Sc1ccccc1N2CC1CCCNC1. The van der Waals surface area contributed by atoms with Crippen LogP contribution in [0.2, 0.25) is 0 Å². The summed E-state index contributed by atoms with van der Waals surface area (Å²) in [4.78, 5) is 5.28. The molecule has 1 saturated heterocycles. The number of piperidine rings is 1. The van der Waals surface area contributed by atoms with E-state index in [1.165, 1.54) is 40.6 Å².